The molecule has 8 heteroatoms. The molecule has 0 fully saturated rings. The average molecular weight is 390 g/mol. The van der Waals surface area contributed by atoms with Crippen molar-refractivity contribution in [3.8, 4) is 5.75 Å². The number of hydrogen-bond donors (Lipinski definition) is 2. The van der Waals surface area contributed by atoms with E-state index in [1.54, 1.807) is 42.5 Å². The van der Waals surface area contributed by atoms with Crippen LogP contribution >= 0.6 is 11.6 Å². The number of carbonyl (C=O) groups is 3. The van der Waals surface area contributed by atoms with Crippen molar-refractivity contribution in [3.05, 3.63) is 47.5 Å². The molecule has 0 aliphatic rings. The zero-order valence-electron chi connectivity index (χ0n) is 15.2. The number of nitrogens with zero attached hydrogens (tertiary/aromatic N) is 1. The molecule has 2 aromatic carbocycles. The lowest BCUT2D eigenvalue weighted by atomic mass is 10.2. The Morgan fingerprint density at radius 2 is 1.59 bits per heavy atom. The number of rotatable bonds is 6. The summed E-state index contributed by atoms with van der Waals surface area (Å²) in [6, 6.07) is 11.5. The second kappa shape index (κ2) is 9.05. The molecule has 2 N–H and O–H groups in total. The maximum Gasteiger partial charge on any atom is 0.244 e. The minimum atomic E-state index is -0.389. The Labute approximate surface area is 162 Å². The van der Waals surface area contributed by atoms with Gasteiger partial charge >= 0.3 is 0 Å². The van der Waals surface area contributed by atoms with E-state index in [2.05, 4.69) is 10.6 Å². The fourth-order valence-electron chi connectivity index (χ4n) is 2.42. The summed E-state index contributed by atoms with van der Waals surface area (Å²) in [7, 11) is 1.47. The van der Waals surface area contributed by atoms with Crippen LogP contribution in [0.1, 0.15) is 13.8 Å². The van der Waals surface area contributed by atoms with E-state index >= 15 is 0 Å². The Bertz CT molecular complexity index is 853. The van der Waals surface area contributed by atoms with Crippen molar-refractivity contribution in [2.24, 2.45) is 0 Å². The summed E-state index contributed by atoms with van der Waals surface area (Å²) in [5.74, 6) is -0.465. The van der Waals surface area contributed by atoms with Crippen LogP contribution in [0.5, 0.6) is 5.75 Å². The minimum absolute atomic E-state index is 0.181. The number of benzene rings is 2. The molecular formula is C19H20ClN3O4. The molecule has 0 spiro atoms. The second-order valence-corrected chi connectivity index (χ2v) is 6.16. The number of anilines is 3. The highest BCUT2D eigenvalue weighted by molar-refractivity contribution is 6.31. The van der Waals surface area contributed by atoms with Gasteiger partial charge in [-0.1, -0.05) is 11.6 Å². The van der Waals surface area contributed by atoms with Crippen LogP contribution in [0.25, 0.3) is 0 Å². The third-order valence-electron chi connectivity index (χ3n) is 3.60. The zero-order chi connectivity index (χ0) is 20.0. The van der Waals surface area contributed by atoms with Gasteiger partial charge in [0.15, 0.2) is 0 Å². The summed E-state index contributed by atoms with van der Waals surface area (Å²) in [5, 5.41) is 5.77. The molecule has 7 nitrogen and oxygen atoms in total. The van der Waals surface area contributed by atoms with Crippen LogP contribution in [-0.2, 0) is 14.4 Å². The predicted molar refractivity (Wildman–Crippen MR) is 105 cm³/mol. The van der Waals surface area contributed by atoms with Crippen molar-refractivity contribution in [1.29, 1.82) is 0 Å². The van der Waals surface area contributed by atoms with Crippen LogP contribution in [0.15, 0.2) is 42.5 Å². The van der Waals surface area contributed by atoms with Crippen molar-refractivity contribution in [1.82, 2.24) is 0 Å². The molecule has 0 heterocycles. The van der Waals surface area contributed by atoms with Crippen molar-refractivity contribution < 1.29 is 19.1 Å². The van der Waals surface area contributed by atoms with Crippen LogP contribution in [0.3, 0.4) is 0 Å². The highest BCUT2D eigenvalue weighted by Crippen LogP contribution is 2.31. The number of carbonyl (C=O) groups excluding carboxylic acids is 3. The highest BCUT2D eigenvalue weighted by Gasteiger charge is 2.20. The topological polar surface area (TPSA) is 87.7 Å². The Morgan fingerprint density at radius 3 is 2.11 bits per heavy atom. The van der Waals surface area contributed by atoms with Gasteiger partial charge in [0.2, 0.25) is 17.7 Å². The van der Waals surface area contributed by atoms with Gasteiger partial charge in [-0.3, -0.25) is 19.3 Å². The SMILES string of the molecule is COc1ccc(Cl)cc1N(CC(=O)Nc1ccc(NC(C)=O)cc1)C(C)=O. The van der Waals surface area contributed by atoms with Gasteiger partial charge in [-0.2, -0.15) is 0 Å². The first-order chi connectivity index (χ1) is 12.8. The Morgan fingerprint density at radius 1 is 1.00 bits per heavy atom. The third kappa shape index (κ3) is 5.72. The summed E-state index contributed by atoms with van der Waals surface area (Å²) >= 11 is 6.02. The molecule has 0 saturated heterocycles. The molecule has 0 bridgehead atoms. The lowest BCUT2D eigenvalue weighted by Crippen LogP contribution is -2.36. The largest absolute Gasteiger partial charge is 0.495 e. The van der Waals surface area contributed by atoms with Gasteiger partial charge in [0, 0.05) is 30.2 Å². The number of ether oxygens (including phenoxy) is 1. The van der Waals surface area contributed by atoms with Gasteiger partial charge in [-0.15, -0.1) is 0 Å². The van der Waals surface area contributed by atoms with Crippen molar-refractivity contribution in [2.75, 3.05) is 29.2 Å². The fourth-order valence-corrected chi connectivity index (χ4v) is 2.59. The lowest BCUT2D eigenvalue weighted by molar-refractivity contribution is -0.120. The molecular weight excluding hydrogens is 370 g/mol. The third-order valence-corrected chi connectivity index (χ3v) is 3.84. The van der Waals surface area contributed by atoms with Crippen LogP contribution < -0.4 is 20.3 Å². The van der Waals surface area contributed by atoms with Crippen LogP contribution in [0, 0.1) is 0 Å². The molecule has 2 aromatic rings. The van der Waals surface area contributed by atoms with Gasteiger partial charge in [0.1, 0.15) is 12.3 Å². The second-order valence-electron chi connectivity index (χ2n) is 5.73. The number of methoxy groups -OCH3 is 1. The van der Waals surface area contributed by atoms with E-state index < -0.39 is 0 Å². The van der Waals surface area contributed by atoms with Gasteiger partial charge < -0.3 is 15.4 Å². The molecule has 0 aliphatic carbocycles. The summed E-state index contributed by atoms with van der Waals surface area (Å²) in [6.45, 7) is 2.56. The number of nitrogens with one attached hydrogen (secondary N) is 2. The fraction of sp³-hybridized carbons (Fsp3) is 0.211. The van der Waals surface area contributed by atoms with Crippen molar-refractivity contribution >= 4 is 46.4 Å². The minimum Gasteiger partial charge on any atom is -0.495 e. The van der Waals surface area contributed by atoms with Crippen LogP contribution in [0.4, 0.5) is 17.1 Å². The zero-order valence-corrected chi connectivity index (χ0v) is 16.0. The molecule has 0 radical (unpaired) electrons. The highest BCUT2D eigenvalue weighted by atomic mass is 35.5. The molecule has 0 atom stereocenters. The van der Waals surface area contributed by atoms with Gasteiger partial charge in [-0.25, -0.2) is 0 Å². The Kier molecular flexibility index (Phi) is 6.79. The molecule has 0 aromatic heterocycles. The monoisotopic (exact) mass is 389 g/mol. The summed E-state index contributed by atoms with van der Waals surface area (Å²) in [4.78, 5) is 36.8. The van der Waals surface area contributed by atoms with E-state index in [1.807, 2.05) is 0 Å². The molecule has 27 heavy (non-hydrogen) atoms. The molecule has 0 aliphatic heterocycles. The first-order valence-corrected chi connectivity index (χ1v) is 8.47. The summed E-state index contributed by atoms with van der Waals surface area (Å²) in [6.07, 6.45) is 0. The van der Waals surface area contributed by atoms with Crippen molar-refractivity contribution in [3.63, 3.8) is 0 Å². The van der Waals surface area contributed by atoms with E-state index in [0.717, 1.165) is 0 Å². The van der Waals surface area contributed by atoms with E-state index in [4.69, 9.17) is 16.3 Å². The predicted octanol–water partition coefficient (Wildman–Crippen LogP) is 3.30. The first kappa shape index (κ1) is 20.3. The van der Waals surface area contributed by atoms with Crippen LogP contribution in [0.2, 0.25) is 5.02 Å². The van der Waals surface area contributed by atoms with Gasteiger partial charge in [0.05, 0.1) is 12.8 Å². The van der Waals surface area contributed by atoms with Gasteiger partial charge in [0.25, 0.3) is 0 Å². The normalized spacial score (nSPS) is 10.1. The maximum atomic E-state index is 12.4. The standard InChI is InChI=1S/C19H20ClN3O4/c1-12(24)21-15-5-7-16(8-6-15)22-19(26)11-23(13(2)25)17-10-14(20)4-9-18(17)27-3/h4-10H,11H2,1-3H3,(H,21,24)(H,22,26). The van der Waals surface area contributed by atoms with E-state index in [1.165, 1.54) is 25.9 Å². The number of halogens is 1. The maximum absolute atomic E-state index is 12.4. The van der Waals surface area contributed by atoms with Crippen molar-refractivity contribution in [2.45, 2.75) is 13.8 Å². The molecule has 0 unspecified atom stereocenters. The molecule has 2 rings (SSSR count). The van der Waals surface area contributed by atoms with Crippen LogP contribution in [-0.4, -0.2) is 31.4 Å². The summed E-state index contributed by atoms with van der Waals surface area (Å²) < 4.78 is 5.26. The Balaban J connectivity index is 2.13. The lowest BCUT2D eigenvalue weighted by Gasteiger charge is -2.23. The summed E-state index contributed by atoms with van der Waals surface area (Å²) in [5.41, 5.74) is 1.57. The first-order valence-electron chi connectivity index (χ1n) is 8.09. The van der Waals surface area contributed by atoms with Gasteiger partial charge in [-0.05, 0) is 42.5 Å². The Hall–Kier alpha value is -3.06. The average Bonchev–Trinajstić information content (AvgIpc) is 2.60. The van der Waals surface area contributed by atoms with E-state index in [0.29, 0.717) is 27.8 Å². The quantitative estimate of drug-likeness (QED) is 0.793. The van der Waals surface area contributed by atoms with E-state index in [9.17, 15) is 14.4 Å². The molecule has 142 valence electrons. The number of amides is 3. The number of hydrogen-bond acceptors (Lipinski definition) is 4. The van der Waals surface area contributed by atoms with E-state index in [-0.39, 0.29) is 24.3 Å². The molecule has 3 amide bonds. The molecule has 0 saturated carbocycles. The smallest absolute Gasteiger partial charge is 0.244 e.